The van der Waals surface area contributed by atoms with E-state index in [0.29, 0.717) is 12.0 Å². The molecule has 1 aromatic rings. The van der Waals surface area contributed by atoms with E-state index in [-0.39, 0.29) is 23.7 Å². The van der Waals surface area contributed by atoms with Crippen LogP contribution < -0.4 is 5.73 Å². The molecule has 0 aliphatic heterocycles. The lowest BCUT2D eigenvalue weighted by atomic mass is 10.0. The van der Waals surface area contributed by atoms with Crippen LogP contribution in [-0.2, 0) is 11.4 Å². The Bertz CT molecular complexity index is 371. The van der Waals surface area contributed by atoms with E-state index in [9.17, 15) is 13.7 Å². The fourth-order valence-electron chi connectivity index (χ4n) is 1.21. The molecule has 1 aromatic carbocycles. The van der Waals surface area contributed by atoms with Gasteiger partial charge in [-0.15, -0.1) is 12.4 Å². The van der Waals surface area contributed by atoms with Gasteiger partial charge in [0, 0.05) is 4.53 Å². The number of nitrogens with two attached hydrogens (primary N) is 1. The van der Waals surface area contributed by atoms with Gasteiger partial charge < -0.3 is 5.73 Å². The SMILES string of the molecule is CCc1ccc(F)c(N)c1C(=O)OF.Cl. The van der Waals surface area contributed by atoms with Gasteiger partial charge in [0.25, 0.3) is 0 Å². The molecule has 0 amide bonds. The fourth-order valence-corrected chi connectivity index (χ4v) is 1.21. The Morgan fingerprint density at radius 1 is 1.53 bits per heavy atom. The Balaban J connectivity index is 0.00000196. The molecule has 0 fully saturated rings. The minimum Gasteiger partial charge on any atom is -0.396 e. The van der Waals surface area contributed by atoms with E-state index in [0.717, 1.165) is 6.07 Å². The highest BCUT2D eigenvalue weighted by molar-refractivity contribution is 5.96. The van der Waals surface area contributed by atoms with Crippen LogP contribution in [0.4, 0.5) is 14.6 Å². The minimum atomic E-state index is -1.26. The lowest BCUT2D eigenvalue weighted by Gasteiger charge is -2.07. The largest absolute Gasteiger partial charge is 0.396 e. The smallest absolute Gasteiger partial charge is 0.382 e. The molecule has 84 valence electrons. The van der Waals surface area contributed by atoms with Gasteiger partial charge >= 0.3 is 5.97 Å². The Morgan fingerprint density at radius 2 is 2.13 bits per heavy atom. The Labute approximate surface area is 91.5 Å². The summed E-state index contributed by atoms with van der Waals surface area (Å²) in [5.41, 5.74) is 5.12. The van der Waals surface area contributed by atoms with Crippen molar-refractivity contribution >= 4 is 24.1 Å². The molecule has 2 N–H and O–H groups in total. The van der Waals surface area contributed by atoms with E-state index in [2.05, 4.69) is 4.94 Å². The van der Waals surface area contributed by atoms with Crippen LogP contribution in [-0.4, -0.2) is 5.97 Å². The van der Waals surface area contributed by atoms with E-state index >= 15 is 0 Å². The van der Waals surface area contributed by atoms with Gasteiger partial charge in [0.15, 0.2) is 0 Å². The average Bonchev–Trinajstić information content (AvgIpc) is 2.20. The van der Waals surface area contributed by atoms with Crippen molar-refractivity contribution in [2.75, 3.05) is 5.73 Å². The molecule has 0 bridgehead atoms. The number of hydrogen-bond donors (Lipinski definition) is 1. The first-order valence-electron chi connectivity index (χ1n) is 4.01. The first-order chi connectivity index (χ1) is 6.61. The van der Waals surface area contributed by atoms with Gasteiger partial charge in [0.05, 0.1) is 11.3 Å². The molecule has 0 aliphatic rings. The van der Waals surface area contributed by atoms with E-state index in [1.54, 1.807) is 6.92 Å². The first kappa shape index (κ1) is 13.6. The zero-order valence-corrected chi connectivity index (χ0v) is 8.74. The van der Waals surface area contributed by atoms with Gasteiger partial charge in [-0.25, -0.2) is 14.1 Å². The van der Waals surface area contributed by atoms with Crippen molar-refractivity contribution in [2.24, 2.45) is 0 Å². The lowest BCUT2D eigenvalue weighted by Crippen LogP contribution is -2.09. The van der Waals surface area contributed by atoms with Gasteiger partial charge in [-0.3, -0.25) is 0 Å². The summed E-state index contributed by atoms with van der Waals surface area (Å²) in [6, 6.07) is 2.50. The van der Waals surface area contributed by atoms with Gasteiger partial charge in [-0.2, -0.15) is 0 Å². The molecule has 0 spiro atoms. The number of benzene rings is 1. The topological polar surface area (TPSA) is 52.3 Å². The summed E-state index contributed by atoms with van der Waals surface area (Å²) >= 11 is 0. The molecule has 0 aliphatic carbocycles. The number of aryl methyl sites for hydroxylation is 1. The van der Waals surface area contributed by atoms with E-state index < -0.39 is 11.8 Å². The molecule has 0 saturated carbocycles. The van der Waals surface area contributed by atoms with Crippen LogP contribution >= 0.6 is 12.4 Å². The predicted octanol–water partition coefficient (Wildman–Crippen LogP) is 2.43. The van der Waals surface area contributed by atoms with Crippen LogP contribution in [0, 0.1) is 5.82 Å². The van der Waals surface area contributed by atoms with E-state index in [1.807, 2.05) is 0 Å². The quantitative estimate of drug-likeness (QED) is 0.804. The van der Waals surface area contributed by atoms with Crippen molar-refractivity contribution in [3.8, 4) is 0 Å². The summed E-state index contributed by atoms with van der Waals surface area (Å²) in [6.45, 7) is 1.74. The molecule has 0 heterocycles. The van der Waals surface area contributed by atoms with E-state index in [4.69, 9.17) is 5.73 Å². The van der Waals surface area contributed by atoms with Gasteiger partial charge in [0.1, 0.15) is 5.82 Å². The fraction of sp³-hybridized carbons (Fsp3) is 0.222. The number of carbonyl (C=O) groups excluding carboxylic acids is 1. The molecule has 0 saturated heterocycles. The lowest BCUT2D eigenvalue weighted by molar-refractivity contribution is -0.0788. The maximum Gasteiger partial charge on any atom is 0.382 e. The third kappa shape index (κ3) is 2.56. The molecule has 0 atom stereocenters. The average molecular weight is 238 g/mol. The van der Waals surface area contributed by atoms with Gasteiger partial charge in [-0.05, 0) is 18.1 Å². The molecule has 0 radical (unpaired) electrons. The highest BCUT2D eigenvalue weighted by atomic mass is 35.5. The highest BCUT2D eigenvalue weighted by Gasteiger charge is 2.19. The summed E-state index contributed by atoms with van der Waals surface area (Å²) in [5.74, 6) is -2.03. The van der Waals surface area contributed by atoms with Crippen molar-refractivity contribution in [1.29, 1.82) is 0 Å². The van der Waals surface area contributed by atoms with Crippen LogP contribution in [0.1, 0.15) is 22.8 Å². The number of anilines is 1. The summed E-state index contributed by atoms with van der Waals surface area (Å²) < 4.78 is 24.6. The van der Waals surface area contributed by atoms with Crippen molar-refractivity contribution in [1.82, 2.24) is 0 Å². The van der Waals surface area contributed by atoms with Crippen molar-refractivity contribution in [3.63, 3.8) is 0 Å². The summed E-state index contributed by atoms with van der Waals surface area (Å²) in [6.07, 6.45) is 0.439. The molecule has 3 nitrogen and oxygen atoms in total. The Kier molecular flexibility index (Phi) is 5.00. The number of hydrogen-bond acceptors (Lipinski definition) is 3. The van der Waals surface area contributed by atoms with Crippen LogP contribution in [0.25, 0.3) is 0 Å². The van der Waals surface area contributed by atoms with Crippen molar-refractivity contribution < 1.29 is 18.7 Å². The molecule has 15 heavy (non-hydrogen) atoms. The summed E-state index contributed by atoms with van der Waals surface area (Å²) in [4.78, 5) is 14.0. The Hall–Kier alpha value is -1.36. The summed E-state index contributed by atoms with van der Waals surface area (Å²) in [5, 5.41) is 0. The second-order valence-electron chi connectivity index (χ2n) is 2.71. The number of rotatable bonds is 2. The van der Waals surface area contributed by atoms with Crippen LogP contribution in [0.2, 0.25) is 0 Å². The molecule has 0 unspecified atom stereocenters. The molecule has 6 heteroatoms. The van der Waals surface area contributed by atoms with Crippen LogP contribution in [0.5, 0.6) is 0 Å². The summed E-state index contributed by atoms with van der Waals surface area (Å²) in [7, 11) is 0. The van der Waals surface area contributed by atoms with Crippen molar-refractivity contribution in [2.45, 2.75) is 13.3 Å². The molecular formula is C9H10ClF2NO2. The van der Waals surface area contributed by atoms with Crippen LogP contribution in [0.3, 0.4) is 0 Å². The second-order valence-corrected chi connectivity index (χ2v) is 2.71. The number of nitrogen functional groups attached to an aromatic ring is 1. The molecule has 1 rings (SSSR count). The maximum atomic E-state index is 12.9. The molecular weight excluding hydrogens is 228 g/mol. The second kappa shape index (κ2) is 5.50. The highest BCUT2D eigenvalue weighted by Crippen LogP contribution is 2.22. The third-order valence-electron chi connectivity index (χ3n) is 1.93. The zero-order valence-electron chi connectivity index (χ0n) is 7.92. The van der Waals surface area contributed by atoms with Gasteiger partial charge in [0.2, 0.25) is 0 Å². The van der Waals surface area contributed by atoms with E-state index in [1.165, 1.54) is 6.07 Å². The Morgan fingerprint density at radius 3 is 2.60 bits per heavy atom. The number of carbonyl (C=O) groups is 1. The number of halogens is 3. The predicted molar refractivity (Wildman–Crippen MR) is 54.0 cm³/mol. The first-order valence-corrected chi connectivity index (χ1v) is 4.01. The minimum absolute atomic E-state index is 0. The normalized spacial score (nSPS) is 9.27. The zero-order chi connectivity index (χ0) is 10.7. The standard InChI is InChI=1S/C9H9F2NO2.ClH/c1-2-5-3-4-6(10)8(12)7(5)9(13)14-11;/h3-4H,2,12H2,1H3;1H. The third-order valence-corrected chi connectivity index (χ3v) is 1.93. The van der Waals surface area contributed by atoms with Crippen LogP contribution in [0.15, 0.2) is 12.1 Å². The monoisotopic (exact) mass is 237 g/mol. The van der Waals surface area contributed by atoms with Gasteiger partial charge in [-0.1, -0.05) is 13.0 Å². The maximum absolute atomic E-state index is 12.9. The van der Waals surface area contributed by atoms with Crippen molar-refractivity contribution in [3.05, 3.63) is 29.1 Å². The molecule has 0 aromatic heterocycles.